The van der Waals surface area contributed by atoms with E-state index in [-0.39, 0.29) is 0 Å². The maximum atomic E-state index is 5.30. The van der Waals surface area contributed by atoms with E-state index in [1.54, 1.807) is 7.11 Å². The van der Waals surface area contributed by atoms with E-state index in [9.17, 15) is 0 Å². The Morgan fingerprint density at radius 2 is 2.00 bits per heavy atom. The fourth-order valence-corrected chi connectivity index (χ4v) is 3.98. The van der Waals surface area contributed by atoms with Crippen LogP contribution >= 0.6 is 0 Å². The van der Waals surface area contributed by atoms with Crippen LogP contribution in [0.2, 0.25) is 0 Å². The molecule has 2 bridgehead atoms. The van der Waals surface area contributed by atoms with Crippen LogP contribution in [0, 0.1) is 5.92 Å². The number of hydrogen-bond acceptors (Lipinski definition) is 3. The molecule has 0 aromatic heterocycles. The van der Waals surface area contributed by atoms with Crippen molar-refractivity contribution in [3.63, 3.8) is 0 Å². The van der Waals surface area contributed by atoms with Gasteiger partial charge in [-0.1, -0.05) is 12.1 Å². The zero-order valence-corrected chi connectivity index (χ0v) is 13.3. The quantitative estimate of drug-likeness (QED) is 0.871. The van der Waals surface area contributed by atoms with E-state index in [1.165, 1.54) is 44.2 Å². The number of piperidine rings is 1. The molecule has 21 heavy (non-hydrogen) atoms. The fourth-order valence-electron chi connectivity index (χ4n) is 3.98. The smallest absolute Gasteiger partial charge is 0.119 e. The zero-order chi connectivity index (χ0) is 14.7. The second-order valence-corrected chi connectivity index (χ2v) is 6.85. The normalized spacial score (nSPS) is 28.0. The first kappa shape index (κ1) is 14.9. The third kappa shape index (κ3) is 3.98. The summed E-state index contributed by atoms with van der Waals surface area (Å²) in [4.78, 5) is 2.44. The molecule has 3 nitrogen and oxygen atoms in total. The van der Waals surface area contributed by atoms with Crippen molar-refractivity contribution in [1.82, 2.24) is 10.2 Å². The number of nitrogens with one attached hydrogen (secondary N) is 1. The minimum absolute atomic E-state index is 0.817. The molecule has 1 N–H and O–H groups in total. The van der Waals surface area contributed by atoms with Gasteiger partial charge in [-0.2, -0.15) is 0 Å². The Kier molecular flexibility index (Phi) is 4.81. The van der Waals surface area contributed by atoms with Gasteiger partial charge in [0.25, 0.3) is 0 Å². The second kappa shape index (κ2) is 6.80. The van der Waals surface area contributed by atoms with Crippen molar-refractivity contribution in [3.8, 4) is 5.75 Å². The van der Waals surface area contributed by atoms with Gasteiger partial charge in [-0.05, 0) is 69.3 Å². The highest BCUT2D eigenvalue weighted by Crippen LogP contribution is 2.32. The van der Waals surface area contributed by atoms with Crippen LogP contribution in [0.5, 0.6) is 5.75 Å². The maximum absolute atomic E-state index is 5.30. The van der Waals surface area contributed by atoms with Gasteiger partial charge in [0.15, 0.2) is 0 Å². The summed E-state index contributed by atoms with van der Waals surface area (Å²) in [7, 11) is 3.96. The molecule has 2 unspecified atom stereocenters. The van der Waals surface area contributed by atoms with Crippen molar-refractivity contribution in [2.75, 3.05) is 20.7 Å². The summed E-state index contributed by atoms with van der Waals surface area (Å²) >= 11 is 0. The molecule has 1 aromatic rings. The van der Waals surface area contributed by atoms with Crippen LogP contribution in [-0.4, -0.2) is 37.7 Å². The lowest BCUT2D eigenvalue weighted by Crippen LogP contribution is -2.38. The molecule has 2 aliphatic heterocycles. The van der Waals surface area contributed by atoms with Gasteiger partial charge in [0.2, 0.25) is 0 Å². The van der Waals surface area contributed by atoms with Gasteiger partial charge in [0, 0.05) is 18.6 Å². The molecule has 2 saturated heterocycles. The lowest BCUT2D eigenvalue weighted by atomic mass is 9.89. The van der Waals surface area contributed by atoms with Crippen LogP contribution in [0.4, 0.5) is 0 Å². The van der Waals surface area contributed by atoms with E-state index in [0.29, 0.717) is 0 Å². The van der Waals surface area contributed by atoms with Crippen molar-refractivity contribution < 1.29 is 4.74 Å². The Hall–Kier alpha value is -1.06. The summed E-state index contributed by atoms with van der Waals surface area (Å²) in [6, 6.07) is 10.0. The van der Waals surface area contributed by atoms with Crippen LogP contribution in [0.3, 0.4) is 0 Å². The van der Waals surface area contributed by atoms with Crippen molar-refractivity contribution in [2.24, 2.45) is 5.92 Å². The average Bonchev–Trinajstić information content (AvgIpc) is 2.84. The summed E-state index contributed by atoms with van der Waals surface area (Å²) in [6.45, 7) is 2.20. The van der Waals surface area contributed by atoms with Crippen molar-refractivity contribution in [2.45, 2.75) is 50.7 Å². The summed E-state index contributed by atoms with van der Waals surface area (Å²) in [5, 5.41) is 3.73. The number of nitrogens with zero attached hydrogens (tertiary/aromatic N) is 1. The van der Waals surface area contributed by atoms with Crippen molar-refractivity contribution >= 4 is 0 Å². The van der Waals surface area contributed by atoms with Gasteiger partial charge < -0.3 is 15.0 Å². The number of fused-ring (bicyclic) bond motifs is 2. The van der Waals surface area contributed by atoms with E-state index >= 15 is 0 Å². The summed E-state index contributed by atoms with van der Waals surface area (Å²) in [5.41, 5.74) is 1.34. The molecule has 2 atom stereocenters. The first-order chi connectivity index (χ1) is 10.2. The van der Waals surface area contributed by atoms with Gasteiger partial charge in [0.05, 0.1) is 7.11 Å². The predicted octanol–water partition coefficient (Wildman–Crippen LogP) is 3.05. The highest BCUT2D eigenvalue weighted by atomic mass is 16.5. The molecular formula is C18H28N2O. The lowest BCUT2D eigenvalue weighted by molar-refractivity contribution is 0.238. The summed E-state index contributed by atoms with van der Waals surface area (Å²) in [6.07, 6.45) is 6.93. The molecule has 3 heteroatoms. The van der Waals surface area contributed by atoms with Gasteiger partial charge >= 0.3 is 0 Å². The molecule has 3 rings (SSSR count). The molecule has 0 radical (unpaired) electrons. The molecule has 116 valence electrons. The number of benzene rings is 1. The number of methoxy groups -OCH3 is 1. The monoisotopic (exact) mass is 288 g/mol. The number of rotatable bonds is 6. The van der Waals surface area contributed by atoms with Gasteiger partial charge in [-0.25, -0.2) is 0 Å². The first-order valence-corrected chi connectivity index (χ1v) is 8.30. The van der Waals surface area contributed by atoms with Crippen LogP contribution in [0.15, 0.2) is 24.3 Å². The summed E-state index contributed by atoms with van der Waals surface area (Å²) < 4.78 is 5.30. The van der Waals surface area contributed by atoms with Gasteiger partial charge in [-0.15, -0.1) is 0 Å². The highest BCUT2D eigenvalue weighted by molar-refractivity contribution is 5.28. The largest absolute Gasteiger partial charge is 0.497 e. The Balaban J connectivity index is 1.44. The van der Waals surface area contributed by atoms with E-state index in [4.69, 9.17) is 4.74 Å². The third-order valence-corrected chi connectivity index (χ3v) is 5.08. The molecule has 2 heterocycles. The van der Waals surface area contributed by atoms with Crippen LogP contribution in [0.1, 0.15) is 37.7 Å². The Morgan fingerprint density at radius 1 is 1.24 bits per heavy atom. The Bertz CT molecular complexity index is 450. The molecule has 2 aliphatic rings. The lowest BCUT2D eigenvalue weighted by Gasteiger charge is -2.30. The van der Waals surface area contributed by atoms with Gasteiger partial charge in [0.1, 0.15) is 5.75 Å². The Morgan fingerprint density at radius 3 is 2.71 bits per heavy atom. The van der Waals surface area contributed by atoms with Crippen LogP contribution < -0.4 is 10.1 Å². The van der Waals surface area contributed by atoms with E-state index in [2.05, 4.69) is 35.5 Å². The van der Waals surface area contributed by atoms with Gasteiger partial charge in [-0.3, -0.25) is 0 Å². The predicted molar refractivity (Wildman–Crippen MR) is 86.6 cm³/mol. The average molecular weight is 288 g/mol. The second-order valence-electron chi connectivity index (χ2n) is 6.85. The highest BCUT2D eigenvalue weighted by Gasteiger charge is 2.33. The SMILES string of the molecule is COc1cccc(CN(C)CCC2CC3CCC(C2)N3)c1. The van der Waals surface area contributed by atoms with Crippen molar-refractivity contribution in [1.29, 1.82) is 0 Å². The topological polar surface area (TPSA) is 24.5 Å². The number of ether oxygens (including phenoxy) is 1. The Labute approximate surface area is 128 Å². The summed E-state index contributed by atoms with van der Waals surface area (Å²) in [5.74, 6) is 1.88. The van der Waals surface area contributed by atoms with Crippen LogP contribution in [-0.2, 0) is 6.54 Å². The minimum Gasteiger partial charge on any atom is -0.497 e. The number of hydrogen-bond donors (Lipinski definition) is 1. The van der Waals surface area contributed by atoms with E-state index in [1.807, 2.05) is 6.07 Å². The molecule has 0 spiro atoms. The van der Waals surface area contributed by atoms with Crippen molar-refractivity contribution in [3.05, 3.63) is 29.8 Å². The third-order valence-electron chi connectivity index (χ3n) is 5.08. The molecule has 0 saturated carbocycles. The van der Waals surface area contributed by atoms with Crippen LogP contribution in [0.25, 0.3) is 0 Å². The minimum atomic E-state index is 0.817. The standard InChI is InChI=1S/C18H28N2O/c1-20(13-15-4-3-5-18(12-15)21-2)9-8-14-10-16-6-7-17(11-14)19-16/h3-5,12,14,16-17,19H,6-11,13H2,1-2H3. The zero-order valence-electron chi connectivity index (χ0n) is 13.3. The van der Waals surface area contributed by atoms with E-state index in [0.717, 1.165) is 30.3 Å². The molecule has 1 aromatic carbocycles. The maximum Gasteiger partial charge on any atom is 0.119 e. The molecule has 0 aliphatic carbocycles. The van der Waals surface area contributed by atoms with E-state index < -0.39 is 0 Å². The fraction of sp³-hybridized carbons (Fsp3) is 0.667. The molecule has 0 amide bonds. The molecular weight excluding hydrogens is 260 g/mol. The molecule has 2 fully saturated rings. The first-order valence-electron chi connectivity index (χ1n) is 8.30.